The predicted octanol–water partition coefficient (Wildman–Crippen LogP) is 2.25. The van der Waals surface area contributed by atoms with E-state index < -0.39 is 0 Å². The number of nitrogens with one attached hydrogen (secondary N) is 1. The Labute approximate surface area is 134 Å². The highest BCUT2D eigenvalue weighted by Gasteiger charge is 2.27. The fourth-order valence-electron chi connectivity index (χ4n) is 3.27. The van der Waals surface area contributed by atoms with Gasteiger partial charge >= 0.3 is 0 Å². The first-order valence-corrected chi connectivity index (χ1v) is 8.09. The van der Waals surface area contributed by atoms with Gasteiger partial charge < -0.3 is 15.0 Å². The van der Waals surface area contributed by atoms with Crippen molar-refractivity contribution in [2.75, 3.05) is 13.6 Å². The average Bonchev–Trinajstić information content (AvgIpc) is 3.12. The molecule has 0 aliphatic heterocycles. The second kappa shape index (κ2) is 6.66. The van der Waals surface area contributed by atoms with Crippen molar-refractivity contribution in [3.05, 3.63) is 29.8 Å². The largest absolute Gasteiger partial charge is 0.393 e. The van der Waals surface area contributed by atoms with Crippen LogP contribution in [0.2, 0.25) is 0 Å². The van der Waals surface area contributed by atoms with Crippen LogP contribution in [-0.4, -0.2) is 45.6 Å². The Balaban J connectivity index is 1.56. The molecule has 2 aromatic rings. The summed E-state index contributed by atoms with van der Waals surface area (Å²) in [4.78, 5) is 21.2. The van der Waals surface area contributed by atoms with E-state index in [4.69, 9.17) is 0 Å². The molecule has 1 aliphatic rings. The van der Waals surface area contributed by atoms with Gasteiger partial charge in [-0.15, -0.1) is 0 Å². The van der Waals surface area contributed by atoms with Crippen molar-refractivity contribution < 1.29 is 14.3 Å². The zero-order valence-corrected chi connectivity index (χ0v) is 13.3. The normalized spacial score (nSPS) is 21.0. The van der Waals surface area contributed by atoms with Crippen LogP contribution in [-0.2, 0) is 11.2 Å². The van der Waals surface area contributed by atoms with E-state index in [0.29, 0.717) is 36.2 Å². The van der Waals surface area contributed by atoms with Crippen LogP contribution in [0.5, 0.6) is 0 Å². The van der Waals surface area contributed by atoms with Crippen molar-refractivity contribution in [1.82, 2.24) is 14.9 Å². The summed E-state index contributed by atoms with van der Waals surface area (Å²) in [7, 11) is 1.77. The van der Waals surface area contributed by atoms with E-state index in [1.54, 1.807) is 24.1 Å². The summed E-state index contributed by atoms with van der Waals surface area (Å²) in [5, 5.41) is 9.85. The molecule has 0 radical (unpaired) electrons. The maximum atomic E-state index is 13.6. The van der Waals surface area contributed by atoms with Crippen molar-refractivity contribution in [3.8, 4) is 0 Å². The molecule has 5 nitrogen and oxygen atoms in total. The number of aromatic nitrogens is 2. The lowest BCUT2D eigenvalue weighted by molar-refractivity contribution is -0.130. The molecule has 3 rings (SSSR count). The van der Waals surface area contributed by atoms with Crippen LogP contribution in [0.4, 0.5) is 4.39 Å². The zero-order valence-electron chi connectivity index (χ0n) is 13.3. The number of aryl methyl sites for hydroxylation is 1. The number of H-pyrrole nitrogens is 1. The van der Waals surface area contributed by atoms with Gasteiger partial charge in [0, 0.05) is 32.4 Å². The molecular formula is C17H22FN3O2. The third-order valence-electron chi connectivity index (χ3n) is 4.64. The maximum absolute atomic E-state index is 13.6. The summed E-state index contributed by atoms with van der Waals surface area (Å²) in [6.07, 6.45) is 3.31. The van der Waals surface area contributed by atoms with Crippen LogP contribution in [0.1, 0.15) is 31.5 Å². The van der Waals surface area contributed by atoms with Gasteiger partial charge in [0.25, 0.3) is 0 Å². The quantitative estimate of drug-likeness (QED) is 0.888. The Morgan fingerprint density at radius 1 is 1.48 bits per heavy atom. The van der Waals surface area contributed by atoms with Crippen molar-refractivity contribution in [3.63, 3.8) is 0 Å². The van der Waals surface area contributed by atoms with Gasteiger partial charge in [0.1, 0.15) is 11.3 Å². The van der Waals surface area contributed by atoms with Gasteiger partial charge in [0.05, 0.1) is 11.6 Å². The number of rotatable bonds is 5. The van der Waals surface area contributed by atoms with Crippen LogP contribution < -0.4 is 0 Å². The number of amides is 1. The van der Waals surface area contributed by atoms with Gasteiger partial charge in [0.2, 0.25) is 5.91 Å². The number of benzene rings is 1. The van der Waals surface area contributed by atoms with Crippen LogP contribution in [0.25, 0.3) is 11.0 Å². The highest BCUT2D eigenvalue weighted by molar-refractivity contribution is 5.77. The van der Waals surface area contributed by atoms with E-state index in [1.807, 2.05) is 0 Å². The van der Waals surface area contributed by atoms with Crippen LogP contribution in [0.15, 0.2) is 18.2 Å². The number of nitrogens with zero attached hydrogens (tertiary/aromatic N) is 2. The van der Waals surface area contributed by atoms with Gasteiger partial charge in [-0.25, -0.2) is 9.37 Å². The fraction of sp³-hybridized carbons (Fsp3) is 0.529. The number of para-hydroxylation sites is 1. The van der Waals surface area contributed by atoms with Crippen LogP contribution in [0, 0.1) is 11.7 Å². The smallest absolute Gasteiger partial charge is 0.222 e. The first kappa shape index (κ1) is 15.9. The molecule has 1 fully saturated rings. The molecule has 23 heavy (non-hydrogen) atoms. The first-order valence-electron chi connectivity index (χ1n) is 8.09. The molecule has 2 atom stereocenters. The minimum absolute atomic E-state index is 0.0185. The van der Waals surface area contributed by atoms with Gasteiger partial charge in [-0.05, 0) is 25.0 Å². The fourth-order valence-corrected chi connectivity index (χ4v) is 3.27. The lowest BCUT2D eigenvalue weighted by Gasteiger charge is -2.23. The lowest BCUT2D eigenvalue weighted by Crippen LogP contribution is -2.34. The first-order chi connectivity index (χ1) is 11.0. The Kier molecular flexibility index (Phi) is 4.61. The molecule has 0 spiro atoms. The van der Waals surface area contributed by atoms with Crippen molar-refractivity contribution in [2.24, 2.45) is 5.92 Å². The average molecular weight is 319 g/mol. The standard InChI is InChI=1S/C17H22FN3O2/c1-21(10-11-4-2-7-14(11)22)16(23)9-8-15-19-13-6-3-5-12(18)17(13)20-15/h3,5-6,11,14,22H,2,4,7-10H2,1H3,(H,19,20). The second-order valence-electron chi connectivity index (χ2n) is 6.35. The Bertz CT molecular complexity index is 700. The third-order valence-corrected chi connectivity index (χ3v) is 4.64. The monoisotopic (exact) mass is 319 g/mol. The molecule has 0 saturated heterocycles. The van der Waals surface area contributed by atoms with E-state index >= 15 is 0 Å². The van der Waals surface area contributed by atoms with E-state index in [-0.39, 0.29) is 23.7 Å². The number of carbonyl (C=O) groups is 1. The predicted molar refractivity (Wildman–Crippen MR) is 85.4 cm³/mol. The van der Waals surface area contributed by atoms with E-state index in [0.717, 1.165) is 19.3 Å². The van der Waals surface area contributed by atoms with E-state index in [1.165, 1.54) is 6.07 Å². The van der Waals surface area contributed by atoms with Crippen molar-refractivity contribution in [2.45, 2.75) is 38.2 Å². The summed E-state index contributed by atoms with van der Waals surface area (Å²) < 4.78 is 13.6. The topological polar surface area (TPSA) is 69.2 Å². The second-order valence-corrected chi connectivity index (χ2v) is 6.35. The number of aliphatic hydroxyl groups is 1. The van der Waals surface area contributed by atoms with Crippen molar-refractivity contribution >= 4 is 16.9 Å². The summed E-state index contributed by atoms with van der Waals surface area (Å²) >= 11 is 0. The molecular weight excluding hydrogens is 297 g/mol. The minimum Gasteiger partial charge on any atom is -0.393 e. The Morgan fingerprint density at radius 2 is 2.30 bits per heavy atom. The molecule has 1 aliphatic carbocycles. The summed E-state index contributed by atoms with van der Waals surface area (Å²) in [5.74, 6) is 0.464. The summed E-state index contributed by atoms with van der Waals surface area (Å²) in [6.45, 7) is 0.592. The molecule has 1 aromatic carbocycles. The zero-order chi connectivity index (χ0) is 16.4. The third kappa shape index (κ3) is 3.52. The molecule has 6 heteroatoms. The van der Waals surface area contributed by atoms with Gasteiger partial charge in [-0.3, -0.25) is 4.79 Å². The number of hydrogen-bond donors (Lipinski definition) is 2. The molecule has 1 saturated carbocycles. The molecule has 2 N–H and O–H groups in total. The lowest BCUT2D eigenvalue weighted by atomic mass is 10.1. The van der Waals surface area contributed by atoms with Crippen LogP contribution in [0.3, 0.4) is 0 Å². The molecule has 1 heterocycles. The Morgan fingerprint density at radius 3 is 3.00 bits per heavy atom. The Hall–Kier alpha value is -1.95. The summed E-state index contributed by atoms with van der Waals surface area (Å²) in [5.41, 5.74) is 0.965. The van der Waals surface area contributed by atoms with E-state index in [2.05, 4.69) is 9.97 Å². The number of halogens is 1. The number of hydrogen-bond acceptors (Lipinski definition) is 3. The molecule has 0 bridgehead atoms. The number of aromatic amines is 1. The SMILES string of the molecule is CN(CC1CCCC1O)C(=O)CCc1nc2c(F)cccc2[nH]1. The number of fused-ring (bicyclic) bond motifs is 1. The van der Waals surface area contributed by atoms with Gasteiger partial charge in [0.15, 0.2) is 5.82 Å². The molecule has 1 aromatic heterocycles. The highest BCUT2D eigenvalue weighted by Crippen LogP contribution is 2.26. The molecule has 124 valence electrons. The van der Waals surface area contributed by atoms with Gasteiger partial charge in [-0.1, -0.05) is 12.5 Å². The molecule has 1 amide bonds. The van der Waals surface area contributed by atoms with E-state index in [9.17, 15) is 14.3 Å². The number of aliphatic hydroxyl groups excluding tert-OH is 1. The number of imidazole rings is 1. The van der Waals surface area contributed by atoms with Gasteiger partial charge in [-0.2, -0.15) is 0 Å². The molecule has 2 unspecified atom stereocenters. The number of carbonyl (C=O) groups excluding carboxylic acids is 1. The summed E-state index contributed by atoms with van der Waals surface area (Å²) in [6, 6.07) is 4.77. The highest BCUT2D eigenvalue weighted by atomic mass is 19.1. The van der Waals surface area contributed by atoms with Crippen molar-refractivity contribution in [1.29, 1.82) is 0 Å². The maximum Gasteiger partial charge on any atom is 0.222 e. The minimum atomic E-state index is -0.358. The van der Waals surface area contributed by atoms with Crippen LogP contribution >= 0.6 is 0 Å².